The Kier molecular flexibility index (Phi) is 7.80. The molecule has 4 heteroatoms. The average Bonchev–Trinajstić information content (AvgIpc) is 3.61. The molecule has 0 radical (unpaired) electrons. The molecule has 2 aromatic heterocycles. The second-order valence-electron chi connectivity index (χ2n) is 12.3. The van der Waals surface area contributed by atoms with E-state index in [4.69, 9.17) is 19.4 Å². The molecule has 0 N–H and O–H groups in total. The van der Waals surface area contributed by atoms with E-state index in [0.29, 0.717) is 17.5 Å². The molecule has 0 aliphatic carbocycles. The lowest BCUT2D eigenvalue weighted by molar-refractivity contribution is 0.602. The largest absolute Gasteiger partial charge is 0.455 e. The van der Waals surface area contributed by atoms with Crippen molar-refractivity contribution >= 4 is 10.8 Å². The molecule has 4 nitrogen and oxygen atoms in total. The van der Waals surface area contributed by atoms with Crippen LogP contribution in [0.3, 0.4) is 0 Å². The van der Waals surface area contributed by atoms with Gasteiger partial charge in [-0.15, -0.1) is 0 Å². The fraction of sp³-hybridized carbons (Fsp3) is 0. The number of hydrogen-bond donors (Lipinski definition) is 0. The van der Waals surface area contributed by atoms with Crippen molar-refractivity contribution in [3.8, 4) is 79.1 Å². The number of rotatable bonds is 7. The summed E-state index contributed by atoms with van der Waals surface area (Å²) in [5.41, 5.74) is 8.99. The predicted octanol–water partition coefficient (Wildman–Crippen LogP) is 12.3. The van der Waals surface area contributed by atoms with Crippen LogP contribution in [0.5, 0.6) is 0 Å². The summed E-state index contributed by atoms with van der Waals surface area (Å²) in [6.45, 7) is 0. The van der Waals surface area contributed by atoms with E-state index in [1.54, 1.807) is 0 Å². The van der Waals surface area contributed by atoms with Crippen LogP contribution in [0.2, 0.25) is 0 Å². The predicted molar refractivity (Wildman–Crippen MR) is 208 cm³/mol. The van der Waals surface area contributed by atoms with E-state index < -0.39 is 0 Å². The van der Waals surface area contributed by atoms with E-state index in [0.717, 1.165) is 72.4 Å². The highest BCUT2D eigenvalue weighted by Gasteiger charge is 2.25. The van der Waals surface area contributed by atoms with Crippen molar-refractivity contribution in [2.45, 2.75) is 0 Å². The number of nitrogens with zero attached hydrogens (tertiary/aromatic N) is 3. The summed E-state index contributed by atoms with van der Waals surface area (Å²) in [5.74, 6) is 3.37. The van der Waals surface area contributed by atoms with Gasteiger partial charge in [0, 0.05) is 38.6 Å². The molecule has 0 unspecified atom stereocenters. The number of furan rings is 1. The number of fused-ring (bicyclic) bond motifs is 1. The van der Waals surface area contributed by atoms with Crippen molar-refractivity contribution in [1.82, 2.24) is 15.0 Å². The van der Waals surface area contributed by atoms with Crippen molar-refractivity contribution in [3.05, 3.63) is 188 Å². The van der Waals surface area contributed by atoms with E-state index in [9.17, 15) is 0 Å². The van der Waals surface area contributed by atoms with Gasteiger partial charge in [-0.2, -0.15) is 0 Å². The standard InChI is InChI=1S/C47H31N3O/c1-5-18-32(19-6-1)36-26-13-14-27-38(36)43-39-28-15-16-29-40(39)44(51-43)42-37(33-20-7-2-8-21-33)30-17-31-41(42)47-49-45(34-22-9-3-10-23-34)48-46(50-47)35-24-11-4-12-25-35/h1-31H. The van der Waals surface area contributed by atoms with Crippen molar-refractivity contribution in [3.63, 3.8) is 0 Å². The number of hydrogen-bond acceptors (Lipinski definition) is 4. The summed E-state index contributed by atoms with van der Waals surface area (Å²) < 4.78 is 7.18. The molecule has 0 saturated heterocycles. The Morgan fingerprint density at radius 2 is 0.667 bits per heavy atom. The summed E-state index contributed by atoms with van der Waals surface area (Å²) in [6, 6.07) is 64.3. The molecule has 0 saturated carbocycles. The minimum atomic E-state index is 0.571. The SMILES string of the molecule is c1ccc(-c2nc(-c3ccccc3)nc(-c3cccc(-c4ccccc4)c3-c3oc(-c4ccccc4-c4ccccc4)c4ccccc34)n2)cc1. The van der Waals surface area contributed by atoms with E-state index >= 15 is 0 Å². The fourth-order valence-corrected chi connectivity index (χ4v) is 6.80. The van der Waals surface area contributed by atoms with Crippen LogP contribution in [0, 0.1) is 0 Å². The fourth-order valence-electron chi connectivity index (χ4n) is 6.80. The molecule has 240 valence electrons. The van der Waals surface area contributed by atoms with Gasteiger partial charge in [0.25, 0.3) is 0 Å². The molecular formula is C47H31N3O. The van der Waals surface area contributed by atoms with Gasteiger partial charge in [0.2, 0.25) is 0 Å². The van der Waals surface area contributed by atoms with Crippen LogP contribution >= 0.6 is 0 Å². The van der Waals surface area contributed by atoms with E-state index in [2.05, 4.69) is 115 Å². The maximum absolute atomic E-state index is 7.18. The molecule has 0 fully saturated rings. The minimum Gasteiger partial charge on any atom is -0.455 e. The summed E-state index contributed by atoms with van der Waals surface area (Å²) in [5, 5.41) is 2.05. The molecule has 0 amide bonds. The van der Waals surface area contributed by atoms with Gasteiger partial charge >= 0.3 is 0 Å². The molecule has 0 atom stereocenters. The molecule has 7 aromatic carbocycles. The molecule has 0 bridgehead atoms. The zero-order valence-corrected chi connectivity index (χ0v) is 27.6. The number of aromatic nitrogens is 3. The first-order chi connectivity index (χ1) is 25.3. The summed E-state index contributed by atoms with van der Waals surface area (Å²) in [6.07, 6.45) is 0. The molecule has 9 aromatic rings. The highest BCUT2D eigenvalue weighted by molar-refractivity contribution is 6.08. The Labute approximate surface area is 296 Å². The zero-order chi connectivity index (χ0) is 34.0. The van der Waals surface area contributed by atoms with Gasteiger partial charge in [-0.25, -0.2) is 15.0 Å². The minimum absolute atomic E-state index is 0.571. The van der Waals surface area contributed by atoms with E-state index in [1.807, 2.05) is 72.8 Å². The third-order valence-electron chi connectivity index (χ3n) is 9.19. The van der Waals surface area contributed by atoms with Gasteiger partial charge in [-0.3, -0.25) is 0 Å². The average molecular weight is 654 g/mol. The lowest BCUT2D eigenvalue weighted by Crippen LogP contribution is -2.01. The van der Waals surface area contributed by atoms with E-state index in [1.165, 1.54) is 0 Å². The summed E-state index contributed by atoms with van der Waals surface area (Å²) in [4.78, 5) is 15.3. The van der Waals surface area contributed by atoms with Gasteiger partial charge in [0.1, 0.15) is 11.5 Å². The lowest BCUT2D eigenvalue weighted by atomic mass is 9.91. The van der Waals surface area contributed by atoms with Crippen LogP contribution in [0.1, 0.15) is 0 Å². The third kappa shape index (κ3) is 5.69. The second-order valence-corrected chi connectivity index (χ2v) is 12.3. The zero-order valence-electron chi connectivity index (χ0n) is 27.6. The molecule has 0 spiro atoms. The van der Waals surface area contributed by atoms with Crippen molar-refractivity contribution in [2.24, 2.45) is 0 Å². The van der Waals surface area contributed by atoms with Gasteiger partial charge in [0.15, 0.2) is 17.5 Å². The first kappa shape index (κ1) is 30.2. The Morgan fingerprint density at radius 1 is 0.275 bits per heavy atom. The van der Waals surface area contributed by atoms with Crippen LogP contribution in [-0.2, 0) is 0 Å². The third-order valence-corrected chi connectivity index (χ3v) is 9.19. The molecule has 0 aliphatic heterocycles. The lowest BCUT2D eigenvalue weighted by Gasteiger charge is -2.15. The van der Waals surface area contributed by atoms with Crippen molar-refractivity contribution in [2.75, 3.05) is 0 Å². The molecule has 51 heavy (non-hydrogen) atoms. The maximum Gasteiger partial charge on any atom is 0.164 e. The van der Waals surface area contributed by atoms with Crippen LogP contribution in [0.4, 0.5) is 0 Å². The van der Waals surface area contributed by atoms with Gasteiger partial charge in [0.05, 0.1) is 0 Å². The maximum atomic E-state index is 7.18. The first-order valence-corrected chi connectivity index (χ1v) is 17.0. The van der Waals surface area contributed by atoms with Gasteiger partial charge in [-0.1, -0.05) is 188 Å². The molecule has 0 aliphatic rings. The van der Waals surface area contributed by atoms with Crippen molar-refractivity contribution < 1.29 is 4.42 Å². The number of benzene rings is 7. The summed E-state index contributed by atoms with van der Waals surface area (Å²) >= 11 is 0. The van der Waals surface area contributed by atoms with Gasteiger partial charge in [-0.05, 0) is 22.3 Å². The van der Waals surface area contributed by atoms with Crippen LogP contribution < -0.4 is 0 Å². The Morgan fingerprint density at radius 3 is 1.24 bits per heavy atom. The topological polar surface area (TPSA) is 51.8 Å². The monoisotopic (exact) mass is 653 g/mol. The normalized spacial score (nSPS) is 11.1. The first-order valence-electron chi connectivity index (χ1n) is 17.0. The second kappa shape index (κ2) is 13.2. The van der Waals surface area contributed by atoms with E-state index in [-0.39, 0.29) is 0 Å². The Balaban J connectivity index is 1.34. The summed E-state index contributed by atoms with van der Waals surface area (Å²) in [7, 11) is 0. The highest BCUT2D eigenvalue weighted by Crippen LogP contribution is 2.47. The Hall–Kier alpha value is -6.91. The Bertz CT molecular complexity index is 2560. The smallest absolute Gasteiger partial charge is 0.164 e. The molecule has 2 heterocycles. The van der Waals surface area contributed by atoms with Gasteiger partial charge < -0.3 is 4.42 Å². The molecule has 9 rings (SSSR count). The van der Waals surface area contributed by atoms with Crippen LogP contribution in [0.15, 0.2) is 192 Å². The quantitative estimate of drug-likeness (QED) is 0.172. The van der Waals surface area contributed by atoms with Crippen LogP contribution in [-0.4, -0.2) is 15.0 Å². The highest BCUT2D eigenvalue weighted by atomic mass is 16.3. The van der Waals surface area contributed by atoms with Crippen molar-refractivity contribution in [1.29, 1.82) is 0 Å². The molecular weight excluding hydrogens is 623 g/mol. The van der Waals surface area contributed by atoms with Crippen LogP contribution in [0.25, 0.3) is 89.8 Å².